The van der Waals surface area contributed by atoms with E-state index in [1.54, 1.807) is 11.3 Å². The van der Waals surface area contributed by atoms with Gasteiger partial charge >= 0.3 is 5.97 Å². The zero-order valence-electron chi connectivity index (χ0n) is 9.51. The van der Waals surface area contributed by atoms with Gasteiger partial charge in [-0.1, -0.05) is 6.92 Å². The first-order valence-corrected chi connectivity index (χ1v) is 6.33. The van der Waals surface area contributed by atoms with Crippen LogP contribution in [-0.4, -0.2) is 33.5 Å². The summed E-state index contributed by atoms with van der Waals surface area (Å²) in [6, 6.07) is -0.345. The molecule has 2 rings (SSSR count). The third kappa shape index (κ3) is 2.25. The number of hydrogen-bond donors (Lipinski definition) is 1. The minimum Gasteiger partial charge on any atom is -0.480 e. The number of carboxylic acids is 1. The van der Waals surface area contributed by atoms with Crippen molar-refractivity contribution < 1.29 is 9.90 Å². The Bertz CT molecular complexity index is 391. The van der Waals surface area contributed by atoms with Crippen LogP contribution in [0.1, 0.15) is 24.0 Å². The molecule has 0 bridgehead atoms. The molecule has 0 aromatic carbocycles. The third-order valence-electron chi connectivity index (χ3n) is 3.09. The fraction of sp³-hybridized carbons (Fsp3) is 0.636. The van der Waals surface area contributed by atoms with Gasteiger partial charge < -0.3 is 5.11 Å². The van der Waals surface area contributed by atoms with E-state index in [4.69, 9.17) is 0 Å². The van der Waals surface area contributed by atoms with E-state index in [1.165, 1.54) is 0 Å². The number of aromatic nitrogens is 1. The molecule has 1 fully saturated rings. The molecule has 1 aliphatic rings. The van der Waals surface area contributed by atoms with Gasteiger partial charge in [0.05, 0.1) is 10.7 Å². The number of rotatable bonds is 3. The van der Waals surface area contributed by atoms with Gasteiger partial charge in [-0.25, -0.2) is 4.98 Å². The summed E-state index contributed by atoms with van der Waals surface area (Å²) in [5, 5.41) is 12.2. The molecule has 1 saturated heterocycles. The average Bonchev–Trinajstić information content (AvgIpc) is 2.74. The number of thiazole rings is 1. The van der Waals surface area contributed by atoms with Crippen molar-refractivity contribution in [2.75, 3.05) is 6.54 Å². The molecule has 0 radical (unpaired) electrons. The van der Waals surface area contributed by atoms with Gasteiger partial charge in [0, 0.05) is 11.9 Å². The molecule has 5 heteroatoms. The van der Waals surface area contributed by atoms with Crippen LogP contribution < -0.4 is 0 Å². The summed E-state index contributed by atoms with van der Waals surface area (Å²) < 4.78 is 0. The molecule has 1 aromatic heterocycles. The Morgan fingerprint density at radius 3 is 3.06 bits per heavy atom. The third-order valence-corrected chi connectivity index (χ3v) is 3.91. The van der Waals surface area contributed by atoms with Crippen LogP contribution in [0.15, 0.2) is 5.38 Å². The monoisotopic (exact) mass is 240 g/mol. The fourth-order valence-electron chi connectivity index (χ4n) is 2.29. The molecular formula is C11H16N2O2S. The number of nitrogens with zero attached hydrogens (tertiary/aromatic N) is 2. The van der Waals surface area contributed by atoms with E-state index >= 15 is 0 Å². The Morgan fingerprint density at radius 1 is 1.75 bits per heavy atom. The van der Waals surface area contributed by atoms with Gasteiger partial charge in [-0.05, 0) is 25.8 Å². The molecule has 1 aliphatic heterocycles. The van der Waals surface area contributed by atoms with Gasteiger partial charge in [-0.15, -0.1) is 11.3 Å². The summed E-state index contributed by atoms with van der Waals surface area (Å²) in [5.74, 6) is -0.478. The SMILES string of the molecule is Cc1nc(CN2CCC(C)C2C(=O)O)cs1. The molecular weight excluding hydrogens is 224 g/mol. The zero-order chi connectivity index (χ0) is 11.7. The van der Waals surface area contributed by atoms with Gasteiger partial charge in [0.25, 0.3) is 0 Å². The number of hydrogen-bond acceptors (Lipinski definition) is 4. The average molecular weight is 240 g/mol. The molecule has 0 amide bonds. The Hall–Kier alpha value is -0.940. The van der Waals surface area contributed by atoms with Crippen LogP contribution in [0.4, 0.5) is 0 Å². The van der Waals surface area contributed by atoms with E-state index in [1.807, 2.05) is 24.1 Å². The highest BCUT2D eigenvalue weighted by Gasteiger charge is 2.36. The first-order chi connectivity index (χ1) is 7.58. The second-order valence-electron chi connectivity index (χ2n) is 4.38. The van der Waals surface area contributed by atoms with Crippen molar-refractivity contribution in [2.45, 2.75) is 32.9 Å². The summed E-state index contributed by atoms with van der Waals surface area (Å²) in [5.41, 5.74) is 0.989. The fourth-order valence-corrected chi connectivity index (χ4v) is 2.90. The van der Waals surface area contributed by atoms with Gasteiger partial charge in [0.15, 0.2) is 0 Å². The van der Waals surface area contributed by atoms with E-state index in [9.17, 15) is 9.90 Å². The Kier molecular flexibility index (Phi) is 3.25. The number of carboxylic acid groups (broad SMARTS) is 1. The van der Waals surface area contributed by atoms with Crippen LogP contribution in [0.3, 0.4) is 0 Å². The maximum Gasteiger partial charge on any atom is 0.321 e. The van der Waals surface area contributed by atoms with Crippen LogP contribution in [-0.2, 0) is 11.3 Å². The summed E-state index contributed by atoms with van der Waals surface area (Å²) in [6.07, 6.45) is 0.958. The van der Waals surface area contributed by atoms with E-state index < -0.39 is 5.97 Å². The molecule has 0 aliphatic carbocycles. The molecule has 88 valence electrons. The van der Waals surface area contributed by atoms with Crippen LogP contribution in [0.2, 0.25) is 0 Å². The summed E-state index contributed by atoms with van der Waals surface area (Å²) >= 11 is 1.61. The number of carbonyl (C=O) groups is 1. The lowest BCUT2D eigenvalue weighted by atomic mass is 10.0. The molecule has 0 spiro atoms. The molecule has 0 saturated carbocycles. The van der Waals surface area contributed by atoms with E-state index in [2.05, 4.69) is 4.98 Å². The molecule has 2 atom stereocenters. The summed E-state index contributed by atoms with van der Waals surface area (Å²) in [4.78, 5) is 17.6. The first-order valence-electron chi connectivity index (χ1n) is 5.46. The predicted octanol–water partition coefficient (Wildman–Crippen LogP) is 1.75. The van der Waals surface area contributed by atoms with Crippen molar-refractivity contribution in [2.24, 2.45) is 5.92 Å². The van der Waals surface area contributed by atoms with Gasteiger partial charge in [0.2, 0.25) is 0 Å². The van der Waals surface area contributed by atoms with Crippen LogP contribution >= 0.6 is 11.3 Å². The van der Waals surface area contributed by atoms with Crippen molar-refractivity contribution in [3.8, 4) is 0 Å². The minimum atomic E-state index is -0.711. The molecule has 2 heterocycles. The largest absolute Gasteiger partial charge is 0.480 e. The number of aliphatic carboxylic acids is 1. The topological polar surface area (TPSA) is 53.4 Å². The van der Waals surface area contributed by atoms with Crippen LogP contribution in [0.5, 0.6) is 0 Å². The van der Waals surface area contributed by atoms with Gasteiger partial charge in [-0.2, -0.15) is 0 Å². The van der Waals surface area contributed by atoms with Crippen molar-refractivity contribution in [1.82, 2.24) is 9.88 Å². The number of aryl methyl sites for hydroxylation is 1. The second-order valence-corrected chi connectivity index (χ2v) is 5.44. The van der Waals surface area contributed by atoms with Crippen molar-refractivity contribution in [3.63, 3.8) is 0 Å². The predicted molar refractivity (Wildman–Crippen MR) is 62.5 cm³/mol. The second kappa shape index (κ2) is 4.51. The van der Waals surface area contributed by atoms with E-state index in [-0.39, 0.29) is 12.0 Å². The quantitative estimate of drug-likeness (QED) is 0.874. The first kappa shape index (κ1) is 11.5. The van der Waals surface area contributed by atoms with Crippen molar-refractivity contribution in [3.05, 3.63) is 16.1 Å². The highest BCUT2D eigenvalue weighted by molar-refractivity contribution is 7.09. The van der Waals surface area contributed by atoms with E-state index in [0.717, 1.165) is 23.7 Å². The maximum atomic E-state index is 11.2. The molecule has 2 unspecified atom stereocenters. The van der Waals surface area contributed by atoms with Gasteiger partial charge in [-0.3, -0.25) is 9.69 Å². The molecule has 4 nitrogen and oxygen atoms in total. The standard InChI is InChI=1S/C11H16N2O2S/c1-7-3-4-13(10(7)11(14)15)5-9-6-16-8(2)12-9/h6-7,10H,3-5H2,1-2H3,(H,14,15). The highest BCUT2D eigenvalue weighted by Crippen LogP contribution is 2.26. The normalized spacial score (nSPS) is 26.1. The lowest BCUT2D eigenvalue weighted by Crippen LogP contribution is -2.38. The highest BCUT2D eigenvalue weighted by atomic mass is 32.1. The minimum absolute atomic E-state index is 0.234. The molecule has 1 aromatic rings. The summed E-state index contributed by atoms with van der Waals surface area (Å²) in [7, 11) is 0. The Labute approximate surface area is 98.9 Å². The van der Waals surface area contributed by atoms with Gasteiger partial charge in [0.1, 0.15) is 6.04 Å². The molecule has 16 heavy (non-hydrogen) atoms. The van der Waals surface area contributed by atoms with Crippen LogP contribution in [0.25, 0.3) is 0 Å². The Morgan fingerprint density at radius 2 is 2.50 bits per heavy atom. The van der Waals surface area contributed by atoms with E-state index in [0.29, 0.717) is 6.54 Å². The Balaban J connectivity index is 2.07. The van der Waals surface area contributed by atoms with Crippen molar-refractivity contribution >= 4 is 17.3 Å². The summed E-state index contributed by atoms with van der Waals surface area (Å²) in [6.45, 7) is 5.49. The lowest BCUT2D eigenvalue weighted by molar-refractivity contribution is -0.143. The zero-order valence-corrected chi connectivity index (χ0v) is 10.3. The van der Waals surface area contributed by atoms with Crippen molar-refractivity contribution in [1.29, 1.82) is 0 Å². The van der Waals surface area contributed by atoms with Crippen LogP contribution in [0, 0.1) is 12.8 Å². The maximum absolute atomic E-state index is 11.2. The lowest BCUT2D eigenvalue weighted by Gasteiger charge is -2.21. The molecule has 1 N–H and O–H groups in total. The number of likely N-dealkylation sites (tertiary alicyclic amines) is 1. The smallest absolute Gasteiger partial charge is 0.321 e.